The molecule has 0 saturated carbocycles. The number of carbonyl (C=O) groups is 2. The quantitative estimate of drug-likeness (QED) is 0.725. The van der Waals surface area contributed by atoms with Crippen LogP contribution in [0.4, 0.5) is 0 Å². The summed E-state index contributed by atoms with van der Waals surface area (Å²) in [5, 5.41) is 0. The fourth-order valence-corrected chi connectivity index (χ4v) is 2.58. The van der Waals surface area contributed by atoms with Crippen LogP contribution in [0.25, 0.3) is 0 Å². The molecule has 0 aliphatic rings. The molecule has 0 radical (unpaired) electrons. The lowest BCUT2D eigenvalue weighted by Crippen LogP contribution is -2.30. The summed E-state index contributed by atoms with van der Waals surface area (Å²) in [6.07, 6.45) is 0.517. The summed E-state index contributed by atoms with van der Waals surface area (Å²) in [6.45, 7) is 5.12. The highest BCUT2D eigenvalue weighted by Gasteiger charge is 2.15. The number of nitrogens with zero attached hydrogens (tertiary/aromatic N) is 1. The van der Waals surface area contributed by atoms with Crippen LogP contribution in [0.1, 0.15) is 41.3 Å². The van der Waals surface area contributed by atoms with Crippen LogP contribution in [-0.2, 0) is 11.3 Å². The van der Waals surface area contributed by atoms with Crippen molar-refractivity contribution in [3.05, 3.63) is 71.3 Å². The van der Waals surface area contributed by atoms with Gasteiger partial charge in [-0.1, -0.05) is 54.6 Å². The van der Waals surface area contributed by atoms with E-state index in [2.05, 4.69) is 0 Å². The SMILES string of the molecule is CCN(Cc1ccccc1)C(=O)CCC(=O)c1ccccc1C. The lowest BCUT2D eigenvalue weighted by molar-refractivity contribution is -0.131. The lowest BCUT2D eigenvalue weighted by atomic mass is 10.0. The Hall–Kier alpha value is -2.42. The van der Waals surface area contributed by atoms with Crippen molar-refractivity contribution in [2.75, 3.05) is 6.54 Å². The van der Waals surface area contributed by atoms with Crippen molar-refractivity contribution < 1.29 is 9.59 Å². The first-order chi connectivity index (χ1) is 11.1. The summed E-state index contributed by atoms with van der Waals surface area (Å²) in [4.78, 5) is 26.4. The third-order valence-electron chi connectivity index (χ3n) is 3.96. The molecule has 0 spiro atoms. The van der Waals surface area contributed by atoms with Crippen LogP contribution in [0.5, 0.6) is 0 Å². The average Bonchev–Trinajstić information content (AvgIpc) is 2.58. The van der Waals surface area contributed by atoms with Crippen molar-refractivity contribution in [2.24, 2.45) is 0 Å². The van der Waals surface area contributed by atoms with Crippen molar-refractivity contribution in [1.29, 1.82) is 0 Å². The van der Waals surface area contributed by atoms with Gasteiger partial charge in [0.15, 0.2) is 5.78 Å². The van der Waals surface area contributed by atoms with E-state index in [1.54, 1.807) is 4.90 Å². The van der Waals surface area contributed by atoms with Crippen molar-refractivity contribution in [3.8, 4) is 0 Å². The van der Waals surface area contributed by atoms with Gasteiger partial charge < -0.3 is 4.90 Å². The summed E-state index contributed by atoms with van der Waals surface area (Å²) in [5.74, 6) is 0.0606. The zero-order chi connectivity index (χ0) is 16.7. The number of hydrogen-bond acceptors (Lipinski definition) is 2. The second kappa shape index (κ2) is 8.28. The Bertz CT molecular complexity index is 664. The molecule has 0 unspecified atom stereocenters. The molecule has 0 atom stereocenters. The predicted molar refractivity (Wildman–Crippen MR) is 92.3 cm³/mol. The first-order valence-electron chi connectivity index (χ1n) is 8.02. The number of amides is 1. The average molecular weight is 309 g/mol. The van der Waals surface area contributed by atoms with Gasteiger partial charge in [0, 0.05) is 31.5 Å². The summed E-state index contributed by atoms with van der Waals surface area (Å²) >= 11 is 0. The van der Waals surface area contributed by atoms with E-state index in [4.69, 9.17) is 0 Å². The predicted octanol–water partition coefficient (Wildman–Crippen LogP) is 4.01. The van der Waals surface area contributed by atoms with E-state index >= 15 is 0 Å². The molecule has 0 aliphatic heterocycles. The maximum absolute atomic E-state index is 12.4. The van der Waals surface area contributed by atoms with Gasteiger partial charge in [-0.3, -0.25) is 9.59 Å². The van der Waals surface area contributed by atoms with Gasteiger partial charge in [-0.25, -0.2) is 0 Å². The van der Waals surface area contributed by atoms with E-state index in [1.807, 2.05) is 68.4 Å². The minimum atomic E-state index is 0.0262. The van der Waals surface area contributed by atoms with Crippen LogP contribution < -0.4 is 0 Å². The molecule has 0 bridgehead atoms. The monoisotopic (exact) mass is 309 g/mol. The minimum Gasteiger partial charge on any atom is -0.339 e. The summed E-state index contributed by atoms with van der Waals surface area (Å²) in [6, 6.07) is 17.4. The van der Waals surface area contributed by atoms with E-state index < -0.39 is 0 Å². The number of carbonyl (C=O) groups excluding carboxylic acids is 2. The van der Waals surface area contributed by atoms with Crippen molar-refractivity contribution >= 4 is 11.7 Å². The molecule has 0 heterocycles. The Morgan fingerprint density at radius 1 is 0.913 bits per heavy atom. The van der Waals surface area contributed by atoms with Gasteiger partial charge in [0.1, 0.15) is 0 Å². The number of Topliss-reactive ketones (excluding diaryl/α,β-unsaturated/α-hetero) is 1. The van der Waals surface area contributed by atoms with Gasteiger partial charge in [0.05, 0.1) is 0 Å². The molecule has 0 aliphatic carbocycles. The Labute approximate surface area is 137 Å². The fourth-order valence-electron chi connectivity index (χ4n) is 2.58. The lowest BCUT2D eigenvalue weighted by Gasteiger charge is -2.21. The van der Waals surface area contributed by atoms with Crippen LogP contribution in [0, 0.1) is 6.92 Å². The van der Waals surface area contributed by atoms with Gasteiger partial charge in [0.2, 0.25) is 5.91 Å². The summed E-state index contributed by atoms with van der Waals surface area (Å²) in [7, 11) is 0. The van der Waals surface area contributed by atoms with Gasteiger partial charge in [-0.15, -0.1) is 0 Å². The number of aryl methyl sites for hydroxylation is 1. The Balaban J connectivity index is 1.92. The molecule has 2 aromatic carbocycles. The van der Waals surface area contributed by atoms with E-state index in [-0.39, 0.29) is 24.5 Å². The van der Waals surface area contributed by atoms with E-state index in [1.165, 1.54) is 0 Å². The maximum atomic E-state index is 12.4. The fraction of sp³-hybridized carbons (Fsp3) is 0.300. The standard InChI is InChI=1S/C20H23NO2/c1-3-21(15-17-10-5-4-6-11-17)20(23)14-13-19(22)18-12-8-7-9-16(18)2/h4-12H,3,13-15H2,1-2H3. The third-order valence-corrected chi connectivity index (χ3v) is 3.96. The molecule has 0 aromatic heterocycles. The molecule has 120 valence electrons. The molecule has 0 fully saturated rings. The van der Waals surface area contributed by atoms with Gasteiger partial charge >= 0.3 is 0 Å². The van der Waals surface area contributed by atoms with Crippen LogP contribution in [-0.4, -0.2) is 23.1 Å². The molecule has 3 nitrogen and oxygen atoms in total. The number of rotatable bonds is 7. The molecular weight excluding hydrogens is 286 g/mol. The summed E-state index contributed by atoms with van der Waals surface area (Å²) in [5.41, 5.74) is 2.78. The Kier molecular flexibility index (Phi) is 6.10. The molecule has 2 rings (SSSR count). The molecule has 0 saturated heterocycles. The highest BCUT2D eigenvalue weighted by atomic mass is 16.2. The first kappa shape index (κ1) is 16.9. The maximum Gasteiger partial charge on any atom is 0.223 e. The number of benzene rings is 2. The van der Waals surface area contributed by atoms with E-state index in [9.17, 15) is 9.59 Å². The molecule has 0 N–H and O–H groups in total. The van der Waals surface area contributed by atoms with Crippen LogP contribution in [0.2, 0.25) is 0 Å². The zero-order valence-corrected chi connectivity index (χ0v) is 13.8. The van der Waals surface area contributed by atoms with Gasteiger partial charge in [0.25, 0.3) is 0 Å². The normalized spacial score (nSPS) is 10.3. The van der Waals surface area contributed by atoms with Gasteiger partial charge in [-0.2, -0.15) is 0 Å². The van der Waals surface area contributed by atoms with Crippen LogP contribution in [0.3, 0.4) is 0 Å². The Morgan fingerprint density at radius 2 is 1.57 bits per heavy atom. The smallest absolute Gasteiger partial charge is 0.223 e. The molecule has 3 heteroatoms. The largest absolute Gasteiger partial charge is 0.339 e. The molecular formula is C20H23NO2. The number of ketones is 1. The van der Waals surface area contributed by atoms with Crippen LogP contribution in [0.15, 0.2) is 54.6 Å². The van der Waals surface area contributed by atoms with E-state index in [0.717, 1.165) is 11.1 Å². The van der Waals surface area contributed by atoms with Crippen LogP contribution >= 0.6 is 0 Å². The third kappa shape index (κ3) is 4.78. The van der Waals surface area contributed by atoms with Crippen molar-refractivity contribution in [3.63, 3.8) is 0 Å². The second-order valence-electron chi connectivity index (χ2n) is 5.63. The topological polar surface area (TPSA) is 37.4 Å². The van der Waals surface area contributed by atoms with Crippen molar-refractivity contribution in [1.82, 2.24) is 4.90 Å². The molecule has 23 heavy (non-hydrogen) atoms. The Morgan fingerprint density at radius 3 is 2.22 bits per heavy atom. The number of hydrogen-bond donors (Lipinski definition) is 0. The second-order valence-corrected chi connectivity index (χ2v) is 5.63. The molecule has 1 amide bonds. The molecule has 2 aromatic rings. The van der Waals surface area contributed by atoms with E-state index in [0.29, 0.717) is 18.7 Å². The summed E-state index contributed by atoms with van der Waals surface area (Å²) < 4.78 is 0. The van der Waals surface area contributed by atoms with Crippen molar-refractivity contribution in [2.45, 2.75) is 33.2 Å². The minimum absolute atomic E-state index is 0.0262. The first-order valence-corrected chi connectivity index (χ1v) is 8.02. The van der Waals surface area contributed by atoms with Gasteiger partial charge in [-0.05, 0) is 25.0 Å². The highest BCUT2D eigenvalue weighted by Crippen LogP contribution is 2.13. The highest BCUT2D eigenvalue weighted by molar-refractivity contribution is 5.99. The zero-order valence-electron chi connectivity index (χ0n) is 13.8.